The van der Waals surface area contributed by atoms with E-state index in [1.54, 1.807) is 18.2 Å². The van der Waals surface area contributed by atoms with Gasteiger partial charge in [0.25, 0.3) is 0 Å². The van der Waals surface area contributed by atoms with Crippen molar-refractivity contribution >= 4 is 17.6 Å². The molecule has 0 saturated carbocycles. The maximum atomic E-state index is 12.6. The lowest BCUT2D eigenvalue weighted by Crippen LogP contribution is -2.24. The second kappa shape index (κ2) is 8.09. The molecule has 0 heterocycles. The molecule has 0 aliphatic carbocycles. The van der Waals surface area contributed by atoms with Crippen molar-refractivity contribution in [1.82, 2.24) is 0 Å². The minimum atomic E-state index is -0.598. The highest BCUT2D eigenvalue weighted by Crippen LogP contribution is 2.35. The Morgan fingerprint density at radius 1 is 1.20 bits per heavy atom. The molecule has 0 aliphatic rings. The van der Waals surface area contributed by atoms with Gasteiger partial charge >= 0.3 is 5.97 Å². The summed E-state index contributed by atoms with van der Waals surface area (Å²) in [6, 6.07) is 12.7. The summed E-state index contributed by atoms with van der Waals surface area (Å²) in [5.41, 5.74) is 1.39. The van der Waals surface area contributed by atoms with Gasteiger partial charge in [0.1, 0.15) is 16.9 Å². The third kappa shape index (κ3) is 5.27. The molecule has 2 aromatic carbocycles. The van der Waals surface area contributed by atoms with Crippen LogP contribution >= 0.6 is 11.6 Å². The van der Waals surface area contributed by atoms with Crippen LogP contribution in [-0.2, 0) is 4.74 Å². The fourth-order valence-corrected chi connectivity index (χ4v) is 2.47. The largest absolute Gasteiger partial charge is 0.491 e. The van der Waals surface area contributed by atoms with Gasteiger partial charge in [0.2, 0.25) is 0 Å². The summed E-state index contributed by atoms with van der Waals surface area (Å²) in [6.45, 7) is 5.78. The average Bonchev–Trinajstić information content (AvgIpc) is 2.53. The van der Waals surface area contributed by atoms with Gasteiger partial charge in [-0.25, -0.2) is 4.79 Å². The van der Waals surface area contributed by atoms with Crippen molar-refractivity contribution < 1.29 is 14.3 Å². The topological polar surface area (TPSA) is 35.5 Å². The van der Waals surface area contributed by atoms with E-state index in [0.29, 0.717) is 29.4 Å². The molecule has 0 radical (unpaired) electrons. The van der Waals surface area contributed by atoms with Crippen molar-refractivity contribution in [2.45, 2.75) is 32.8 Å². The molecule has 0 amide bonds. The highest BCUT2D eigenvalue weighted by atomic mass is 35.5. The van der Waals surface area contributed by atoms with Gasteiger partial charge < -0.3 is 9.47 Å². The molecule has 4 heteroatoms. The van der Waals surface area contributed by atoms with Gasteiger partial charge in [0, 0.05) is 17.0 Å². The van der Waals surface area contributed by atoms with Crippen molar-refractivity contribution in [3.63, 3.8) is 0 Å². The van der Waals surface area contributed by atoms with Crippen molar-refractivity contribution in [2.75, 3.05) is 6.61 Å². The summed E-state index contributed by atoms with van der Waals surface area (Å²) in [7, 11) is 0. The lowest BCUT2D eigenvalue weighted by Gasteiger charge is -2.21. The zero-order chi connectivity index (χ0) is 18.4. The lowest BCUT2D eigenvalue weighted by molar-refractivity contribution is 0.00660. The van der Waals surface area contributed by atoms with E-state index in [0.717, 1.165) is 11.1 Å². The van der Waals surface area contributed by atoms with E-state index in [1.165, 1.54) is 0 Å². The number of halogens is 1. The van der Waals surface area contributed by atoms with Gasteiger partial charge in [-0.2, -0.15) is 0 Å². The number of benzene rings is 2. The van der Waals surface area contributed by atoms with Gasteiger partial charge in [-0.15, -0.1) is 12.3 Å². The molecular weight excluding hydrogens is 336 g/mol. The van der Waals surface area contributed by atoms with Crippen LogP contribution in [0.25, 0.3) is 11.1 Å². The molecule has 0 atom stereocenters. The van der Waals surface area contributed by atoms with Gasteiger partial charge in [-0.05, 0) is 44.5 Å². The molecule has 3 nitrogen and oxygen atoms in total. The van der Waals surface area contributed by atoms with Gasteiger partial charge in [-0.1, -0.05) is 35.9 Å². The van der Waals surface area contributed by atoms with E-state index in [9.17, 15) is 4.79 Å². The molecule has 2 rings (SSSR count). The Hall–Kier alpha value is -2.44. The molecule has 25 heavy (non-hydrogen) atoms. The molecule has 0 aromatic heterocycles. The van der Waals surface area contributed by atoms with Crippen LogP contribution in [0.4, 0.5) is 0 Å². The molecule has 130 valence electrons. The van der Waals surface area contributed by atoms with Crippen molar-refractivity contribution in [3.8, 4) is 29.2 Å². The second-order valence-electron chi connectivity index (χ2n) is 6.50. The zero-order valence-electron chi connectivity index (χ0n) is 14.6. The molecule has 2 aromatic rings. The first-order chi connectivity index (χ1) is 11.8. The first-order valence-corrected chi connectivity index (χ1v) is 8.38. The van der Waals surface area contributed by atoms with Crippen LogP contribution in [0.5, 0.6) is 5.75 Å². The van der Waals surface area contributed by atoms with Crippen molar-refractivity contribution in [1.29, 1.82) is 0 Å². The summed E-state index contributed by atoms with van der Waals surface area (Å²) >= 11 is 6.10. The zero-order valence-corrected chi connectivity index (χ0v) is 15.4. The number of rotatable bonds is 5. The smallest absolute Gasteiger partial charge is 0.342 e. The molecular formula is C21H21ClO3. The SMILES string of the molecule is C#CCCOc1c(C(=O)OC(C)(C)C)cccc1-c1cccc(Cl)c1. The minimum Gasteiger partial charge on any atom is -0.491 e. The second-order valence-corrected chi connectivity index (χ2v) is 6.93. The molecule has 0 N–H and O–H groups in total. The molecule has 0 saturated heterocycles. The molecule has 0 unspecified atom stereocenters. The number of hydrogen-bond donors (Lipinski definition) is 0. The first-order valence-electron chi connectivity index (χ1n) is 8.00. The van der Waals surface area contributed by atoms with Crippen LogP contribution in [0.15, 0.2) is 42.5 Å². The van der Waals surface area contributed by atoms with E-state index in [-0.39, 0.29) is 0 Å². The Bertz CT molecular complexity index is 798. The molecule has 0 fully saturated rings. The average molecular weight is 357 g/mol. The van der Waals surface area contributed by atoms with Crippen LogP contribution in [0, 0.1) is 12.3 Å². The van der Waals surface area contributed by atoms with Crippen molar-refractivity contribution in [2.24, 2.45) is 0 Å². The standard InChI is InChI=1S/C21H21ClO3/c1-5-6-13-24-19-17(15-9-7-10-16(22)14-15)11-8-12-18(19)20(23)25-21(2,3)4/h1,7-12,14H,6,13H2,2-4H3. The monoisotopic (exact) mass is 356 g/mol. The van der Waals surface area contributed by atoms with Crippen LogP contribution in [-0.4, -0.2) is 18.2 Å². The summed E-state index contributed by atoms with van der Waals surface area (Å²) in [6.07, 6.45) is 5.75. The number of ether oxygens (including phenoxy) is 2. The Morgan fingerprint density at radius 3 is 2.56 bits per heavy atom. The Morgan fingerprint density at radius 2 is 1.92 bits per heavy atom. The van der Waals surface area contributed by atoms with E-state index in [1.807, 2.05) is 45.0 Å². The van der Waals surface area contributed by atoms with Gasteiger partial charge in [0.15, 0.2) is 0 Å². The molecule has 0 spiro atoms. The highest BCUT2D eigenvalue weighted by Gasteiger charge is 2.23. The Kier molecular flexibility index (Phi) is 6.12. The summed E-state index contributed by atoms with van der Waals surface area (Å²) < 4.78 is 11.4. The fraction of sp³-hybridized carbons (Fsp3) is 0.286. The predicted octanol–water partition coefficient (Wildman–Crippen LogP) is 5.36. The van der Waals surface area contributed by atoms with Crippen LogP contribution in [0.2, 0.25) is 5.02 Å². The third-order valence-electron chi connectivity index (χ3n) is 3.26. The van der Waals surface area contributed by atoms with Gasteiger partial charge in [-0.3, -0.25) is 0 Å². The van der Waals surface area contributed by atoms with E-state index < -0.39 is 11.6 Å². The fourth-order valence-electron chi connectivity index (χ4n) is 2.28. The van der Waals surface area contributed by atoms with Crippen LogP contribution < -0.4 is 4.74 Å². The summed E-state index contributed by atoms with van der Waals surface area (Å²) in [5, 5.41) is 0.606. The molecule has 0 aliphatic heterocycles. The van der Waals surface area contributed by atoms with E-state index in [4.69, 9.17) is 27.5 Å². The number of carbonyl (C=O) groups excluding carboxylic acids is 1. The van der Waals surface area contributed by atoms with E-state index in [2.05, 4.69) is 5.92 Å². The number of terminal acetylenes is 1. The van der Waals surface area contributed by atoms with Crippen LogP contribution in [0.3, 0.4) is 0 Å². The van der Waals surface area contributed by atoms with Gasteiger partial charge in [0.05, 0.1) is 6.61 Å². The first kappa shape index (κ1) is 18.9. The number of hydrogen-bond acceptors (Lipinski definition) is 3. The summed E-state index contributed by atoms with van der Waals surface area (Å²) in [5.74, 6) is 2.55. The molecule has 0 bridgehead atoms. The maximum Gasteiger partial charge on any atom is 0.342 e. The maximum absolute atomic E-state index is 12.6. The third-order valence-corrected chi connectivity index (χ3v) is 3.50. The highest BCUT2D eigenvalue weighted by molar-refractivity contribution is 6.30. The number of carbonyl (C=O) groups is 1. The summed E-state index contributed by atoms with van der Waals surface area (Å²) in [4.78, 5) is 12.6. The number of para-hydroxylation sites is 1. The normalized spacial score (nSPS) is 10.8. The van der Waals surface area contributed by atoms with Crippen molar-refractivity contribution in [3.05, 3.63) is 53.1 Å². The Balaban J connectivity index is 2.50. The van der Waals surface area contributed by atoms with E-state index >= 15 is 0 Å². The minimum absolute atomic E-state index is 0.309. The number of esters is 1. The Labute approximate surface area is 153 Å². The van der Waals surface area contributed by atoms with Crippen LogP contribution in [0.1, 0.15) is 37.6 Å². The predicted molar refractivity (Wildman–Crippen MR) is 101 cm³/mol. The quantitative estimate of drug-likeness (QED) is 0.410. The lowest BCUT2D eigenvalue weighted by atomic mass is 10.0.